The van der Waals surface area contributed by atoms with E-state index in [1.165, 1.54) is 6.33 Å². The summed E-state index contributed by atoms with van der Waals surface area (Å²) in [5.41, 5.74) is 0. The van der Waals surface area contributed by atoms with Crippen LogP contribution in [0.15, 0.2) is 29.0 Å². The first kappa shape index (κ1) is 12.7. The minimum absolute atomic E-state index is 0.0962. The van der Waals surface area contributed by atoms with Crippen molar-refractivity contribution in [2.24, 2.45) is 0 Å². The van der Waals surface area contributed by atoms with E-state index < -0.39 is 11.6 Å². The maximum Gasteiger partial charge on any atom is 0.239 e. The highest BCUT2D eigenvalue weighted by atomic mass is 79.9. The molecule has 0 aliphatic rings. The first-order valence-electron chi connectivity index (χ1n) is 4.93. The summed E-state index contributed by atoms with van der Waals surface area (Å²) in [6.45, 7) is 0. The molecule has 18 heavy (non-hydrogen) atoms. The van der Waals surface area contributed by atoms with E-state index in [1.54, 1.807) is 7.05 Å². The topological polar surface area (TPSA) is 47.0 Å². The van der Waals surface area contributed by atoms with Crippen LogP contribution in [0.3, 0.4) is 0 Å². The van der Waals surface area contributed by atoms with Crippen LogP contribution >= 0.6 is 15.9 Å². The van der Waals surface area contributed by atoms with Crippen molar-refractivity contribution >= 4 is 21.7 Å². The van der Waals surface area contributed by atoms with Gasteiger partial charge in [-0.05, 0) is 28.1 Å². The van der Waals surface area contributed by atoms with Crippen LogP contribution in [0, 0.1) is 11.6 Å². The summed E-state index contributed by atoms with van der Waals surface area (Å²) >= 11 is 3.21. The van der Waals surface area contributed by atoms with Gasteiger partial charge >= 0.3 is 0 Å². The summed E-state index contributed by atoms with van der Waals surface area (Å²) in [6.07, 6.45) is 1.25. The van der Waals surface area contributed by atoms with Crippen LogP contribution in [0.2, 0.25) is 0 Å². The summed E-state index contributed by atoms with van der Waals surface area (Å²) in [6, 6.07) is 2.94. The Labute approximate surface area is 110 Å². The standard InChI is InChI=1S/C11H8BrF2N3O/c1-15-10-9(12)11(17-5-16-10)18-8-4-6(13)2-3-7(8)14/h2-5H,1H3,(H,15,16,17). The van der Waals surface area contributed by atoms with Gasteiger partial charge in [-0.15, -0.1) is 0 Å². The number of aromatic nitrogens is 2. The largest absolute Gasteiger partial charge is 0.434 e. The second-order valence-corrected chi connectivity index (χ2v) is 4.06. The SMILES string of the molecule is CNc1ncnc(Oc2cc(F)ccc2F)c1Br. The van der Waals surface area contributed by atoms with Crippen LogP contribution in [0.4, 0.5) is 14.6 Å². The van der Waals surface area contributed by atoms with Gasteiger partial charge in [0, 0.05) is 13.1 Å². The fourth-order valence-corrected chi connectivity index (χ4v) is 1.74. The van der Waals surface area contributed by atoms with E-state index in [0.717, 1.165) is 18.2 Å². The van der Waals surface area contributed by atoms with Gasteiger partial charge in [0.25, 0.3) is 0 Å². The lowest BCUT2D eigenvalue weighted by Gasteiger charge is -2.09. The smallest absolute Gasteiger partial charge is 0.239 e. The maximum absolute atomic E-state index is 13.4. The summed E-state index contributed by atoms with van der Waals surface area (Å²) in [4.78, 5) is 7.77. The van der Waals surface area contributed by atoms with E-state index in [4.69, 9.17) is 4.74 Å². The lowest BCUT2D eigenvalue weighted by Crippen LogP contribution is -1.98. The van der Waals surface area contributed by atoms with Crippen molar-refractivity contribution in [3.8, 4) is 11.6 Å². The zero-order valence-electron chi connectivity index (χ0n) is 9.25. The van der Waals surface area contributed by atoms with Crippen LogP contribution in [-0.4, -0.2) is 17.0 Å². The molecule has 2 aromatic rings. The molecular formula is C11H8BrF2N3O. The lowest BCUT2D eigenvalue weighted by molar-refractivity contribution is 0.419. The predicted octanol–water partition coefficient (Wildman–Crippen LogP) is 3.35. The molecule has 1 heterocycles. The number of halogens is 3. The third kappa shape index (κ3) is 2.56. The number of benzene rings is 1. The molecule has 0 atom stereocenters. The Balaban J connectivity index is 2.37. The van der Waals surface area contributed by atoms with Crippen LogP contribution in [-0.2, 0) is 0 Å². The van der Waals surface area contributed by atoms with Gasteiger partial charge in [0.15, 0.2) is 11.6 Å². The Morgan fingerprint density at radius 3 is 2.78 bits per heavy atom. The number of hydrogen-bond acceptors (Lipinski definition) is 4. The van der Waals surface area contributed by atoms with Gasteiger partial charge in [0.05, 0.1) is 0 Å². The molecule has 0 saturated heterocycles. The molecule has 0 unspecified atom stereocenters. The summed E-state index contributed by atoms with van der Waals surface area (Å²) < 4.78 is 32.0. The third-order valence-electron chi connectivity index (χ3n) is 2.09. The highest BCUT2D eigenvalue weighted by molar-refractivity contribution is 9.10. The molecule has 0 spiro atoms. The molecule has 4 nitrogen and oxygen atoms in total. The van der Waals surface area contributed by atoms with Gasteiger partial charge in [0.1, 0.15) is 22.4 Å². The molecule has 7 heteroatoms. The normalized spacial score (nSPS) is 10.2. The molecule has 0 amide bonds. The zero-order valence-corrected chi connectivity index (χ0v) is 10.8. The summed E-state index contributed by atoms with van der Waals surface area (Å²) in [5, 5.41) is 2.80. The number of nitrogens with one attached hydrogen (secondary N) is 1. The van der Waals surface area contributed by atoms with Crippen LogP contribution in [0.5, 0.6) is 11.6 Å². The van der Waals surface area contributed by atoms with Gasteiger partial charge in [-0.3, -0.25) is 0 Å². The van der Waals surface area contributed by atoms with Crippen LogP contribution in [0.1, 0.15) is 0 Å². The molecule has 0 aliphatic heterocycles. The van der Waals surface area contributed by atoms with Crippen LogP contribution in [0.25, 0.3) is 0 Å². The van der Waals surface area contributed by atoms with Gasteiger partial charge in [0.2, 0.25) is 5.88 Å². The van der Waals surface area contributed by atoms with E-state index in [9.17, 15) is 8.78 Å². The lowest BCUT2D eigenvalue weighted by atomic mass is 10.3. The monoisotopic (exact) mass is 315 g/mol. The van der Waals surface area contributed by atoms with Gasteiger partial charge in [-0.25, -0.2) is 18.7 Å². The molecular weight excluding hydrogens is 308 g/mol. The molecule has 1 N–H and O–H groups in total. The van der Waals surface area contributed by atoms with Gasteiger partial charge < -0.3 is 10.1 Å². The predicted molar refractivity (Wildman–Crippen MR) is 65.7 cm³/mol. The molecule has 1 aromatic carbocycles. The van der Waals surface area contributed by atoms with E-state index in [2.05, 4.69) is 31.2 Å². The summed E-state index contributed by atoms with van der Waals surface area (Å²) in [7, 11) is 1.67. The first-order valence-corrected chi connectivity index (χ1v) is 5.72. The summed E-state index contributed by atoms with van der Waals surface area (Å²) in [5.74, 6) is -0.926. The molecule has 0 bridgehead atoms. The Hall–Kier alpha value is -1.76. The van der Waals surface area contributed by atoms with Crippen molar-refractivity contribution < 1.29 is 13.5 Å². The number of hydrogen-bond donors (Lipinski definition) is 1. The number of anilines is 1. The molecule has 0 fully saturated rings. The van der Waals surface area contributed by atoms with Crippen molar-refractivity contribution in [2.45, 2.75) is 0 Å². The highest BCUT2D eigenvalue weighted by Gasteiger charge is 2.12. The quantitative estimate of drug-likeness (QED) is 0.943. The minimum atomic E-state index is -0.673. The second-order valence-electron chi connectivity index (χ2n) is 3.27. The Kier molecular flexibility index (Phi) is 3.71. The van der Waals surface area contributed by atoms with E-state index >= 15 is 0 Å². The van der Waals surface area contributed by atoms with Crippen molar-refractivity contribution in [2.75, 3.05) is 12.4 Å². The van der Waals surface area contributed by atoms with E-state index in [0.29, 0.717) is 10.3 Å². The van der Waals surface area contributed by atoms with E-state index in [1.807, 2.05) is 0 Å². The first-order chi connectivity index (χ1) is 8.61. The second kappa shape index (κ2) is 5.26. The Morgan fingerprint density at radius 2 is 2.06 bits per heavy atom. The number of rotatable bonds is 3. The van der Waals surface area contributed by atoms with Crippen LogP contribution < -0.4 is 10.1 Å². The highest BCUT2D eigenvalue weighted by Crippen LogP contribution is 2.32. The van der Waals surface area contributed by atoms with Gasteiger partial charge in [-0.1, -0.05) is 0 Å². The molecule has 1 aromatic heterocycles. The Morgan fingerprint density at radius 1 is 1.28 bits per heavy atom. The van der Waals surface area contributed by atoms with Crippen molar-refractivity contribution in [1.82, 2.24) is 9.97 Å². The fourth-order valence-electron chi connectivity index (χ4n) is 1.26. The molecule has 0 aliphatic carbocycles. The molecule has 2 rings (SSSR count). The average molecular weight is 316 g/mol. The fraction of sp³-hybridized carbons (Fsp3) is 0.0909. The van der Waals surface area contributed by atoms with E-state index in [-0.39, 0.29) is 11.6 Å². The third-order valence-corrected chi connectivity index (χ3v) is 2.81. The average Bonchev–Trinajstić information content (AvgIpc) is 2.36. The number of ether oxygens (including phenoxy) is 1. The minimum Gasteiger partial charge on any atom is -0.434 e. The van der Waals surface area contributed by atoms with Gasteiger partial charge in [-0.2, -0.15) is 0 Å². The molecule has 0 saturated carbocycles. The Bertz CT molecular complexity index is 580. The van der Waals surface area contributed by atoms with Crippen molar-refractivity contribution in [3.63, 3.8) is 0 Å². The zero-order chi connectivity index (χ0) is 13.1. The van der Waals surface area contributed by atoms with Crippen molar-refractivity contribution in [1.29, 1.82) is 0 Å². The maximum atomic E-state index is 13.4. The molecule has 0 radical (unpaired) electrons. The molecule has 94 valence electrons. The number of nitrogens with zero attached hydrogens (tertiary/aromatic N) is 2. The van der Waals surface area contributed by atoms with Crippen molar-refractivity contribution in [3.05, 3.63) is 40.6 Å².